The van der Waals surface area contributed by atoms with E-state index in [1.54, 1.807) is 12.1 Å². The van der Waals surface area contributed by atoms with Gasteiger partial charge in [-0.05, 0) is 49.8 Å². The van der Waals surface area contributed by atoms with Gasteiger partial charge in [-0.1, -0.05) is 21.4 Å². The van der Waals surface area contributed by atoms with E-state index in [4.69, 9.17) is 4.74 Å². The number of rotatable bonds is 5. The van der Waals surface area contributed by atoms with Crippen LogP contribution in [0.2, 0.25) is 0 Å². The van der Waals surface area contributed by atoms with E-state index in [-0.39, 0.29) is 23.5 Å². The Hall–Kier alpha value is -1.17. The number of alkyl halides is 2. The lowest BCUT2D eigenvalue weighted by molar-refractivity contribution is -0.149. The van der Waals surface area contributed by atoms with Crippen LogP contribution in [-0.4, -0.2) is 58.8 Å². The maximum absolute atomic E-state index is 13.6. The molecule has 0 bridgehead atoms. The normalized spacial score (nSPS) is 25.2. The minimum Gasteiger partial charge on any atom is -0.373 e. The number of hydrogen-bond donors (Lipinski definition) is 0. The molecule has 1 aromatic carbocycles. The maximum Gasteiger partial charge on any atom is 0.335 e. The van der Waals surface area contributed by atoms with Crippen LogP contribution in [-0.2, 0) is 16.1 Å². The standard InChI is InChI=1S/C20H26F3N2O2P/c21-15-3-1-14(2-4-15)12-24-9-7-19(8-10-24)11-17(13-27-19)25(16-5-6-16)18(26)20(22,23)28/h1-4,16-17H,5-13,28H2. The number of ether oxygens (including phenoxy) is 1. The Balaban J connectivity index is 1.35. The molecule has 2 aliphatic heterocycles. The van der Waals surface area contributed by atoms with Crippen LogP contribution in [0.3, 0.4) is 0 Å². The van der Waals surface area contributed by atoms with Gasteiger partial charge in [-0.25, -0.2) is 4.39 Å². The van der Waals surface area contributed by atoms with Gasteiger partial charge in [-0.2, -0.15) is 8.78 Å². The third-order valence-electron chi connectivity index (χ3n) is 6.13. The van der Waals surface area contributed by atoms with Crippen molar-refractivity contribution in [2.24, 2.45) is 0 Å². The van der Waals surface area contributed by atoms with E-state index in [1.165, 1.54) is 26.3 Å². The fourth-order valence-electron chi connectivity index (χ4n) is 4.47. The zero-order valence-corrected chi connectivity index (χ0v) is 16.9. The van der Waals surface area contributed by atoms with Crippen LogP contribution in [0.4, 0.5) is 13.2 Å². The Labute approximate surface area is 165 Å². The summed E-state index contributed by atoms with van der Waals surface area (Å²) in [7, 11) is 1.37. The molecule has 2 saturated heterocycles. The molecule has 1 aromatic rings. The lowest BCUT2D eigenvalue weighted by Crippen LogP contribution is -2.49. The lowest BCUT2D eigenvalue weighted by Gasteiger charge is -2.39. The number of piperidine rings is 1. The smallest absolute Gasteiger partial charge is 0.335 e. The average molecular weight is 414 g/mol. The molecule has 1 spiro atoms. The molecule has 1 aliphatic carbocycles. The highest BCUT2D eigenvalue weighted by Gasteiger charge is 2.51. The summed E-state index contributed by atoms with van der Waals surface area (Å²) in [5.41, 5.74) is -2.68. The molecule has 28 heavy (non-hydrogen) atoms. The predicted octanol–water partition coefficient (Wildman–Crippen LogP) is 3.41. The monoisotopic (exact) mass is 414 g/mol. The van der Waals surface area contributed by atoms with E-state index in [1.807, 2.05) is 0 Å². The van der Waals surface area contributed by atoms with Crippen molar-refractivity contribution in [2.75, 3.05) is 19.7 Å². The number of hydrogen-bond acceptors (Lipinski definition) is 3. The van der Waals surface area contributed by atoms with Gasteiger partial charge < -0.3 is 9.64 Å². The molecule has 2 heterocycles. The summed E-state index contributed by atoms with van der Waals surface area (Å²) < 4.78 is 46.4. The molecular weight excluding hydrogens is 388 g/mol. The van der Waals surface area contributed by atoms with Crippen molar-refractivity contribution in [2.45, 2.75) is 62.0 Å². The summed E-state index contributed by atoms with van der Waals surface area (Å²) in [6.45, 7) is 2.76. The van der Waals surface area contributed by atoms with Crippen LogP contribution in [0.25, 0.3) is 0 Å². The first-order chi connectivity index (χ1) is 13.3. The first-order valence-corrected chi connectivity index (χ1v) is 10.4. The zero-order chi connectivity index (χ0) is 19.9. The van der Waals surface area contributed by atoms with Gasteiger partial charge in [-0.3, -0.25) is 9.69 Å². The maximum atomic E-state index is 13.6. The fourth-order valence-corrected chi connectivity index (χ4v) is 4.62. The second kappa shape index (κ2) is 7.58. The fraction of sp³-hybridized carbons (Fsp3) is 0.650. The third kappa shape index (κ3) is 4.37. The number of nitrogens with zero attached hydrogens (tertiary/aromatic N) is 2. The van der Waals surface area contributed by atoms with Crippen LogP contribution in [0.5, 0.6) is 0 Å². The zero-order valence-electron chi connectivity index (χ0n) is 15.8. The van der Waals surface area contributed by atoms with E-state index in [0.717, 1.165) is 50.9 Å². The van der Waals surface area contributed by atoms with Crippen LogP contribution in [0.15, 0.2) is 24.3 Å². The SMILES string of the molecule is O=C(N(C1CC1)C1COC2(CCN(Cc3ccc(F)cc3)CC2)C1)C(F)(F)P. The van der Waals surface area contributed by atoms with E-state index >= 15 is 0 Å². The highest BCUT2D eigenvalue weighted by Crippen LogP contribution is 2.42. The quantitative estimate of drug-likeness (QED) is 0.693. The number of amides is 1. The Bertz CT molecular complexity index is 713. The molecule has 4 rings (SSSR count). The lowest BCUT2D eigenvalue weighted by atomic mass is 9.87. The van der Waals surface area contributed by atoms with Gasteiger partial charge in [0, 0.05) is 25.7 Å². The Morgan fingerprint density at radius 2 is 1.86 bits per heavy atom. The van der Waals surface area contributed by atoms with E-state index < -0.39 is 11.6 Å². The van der Waals surface area contributed by atoms with Crippen molar-refractivity contribution in [3.05, 3.63) is 35.6 Å². The molecule has 0 N–H and O–H groups in total. The average Bonchev–Trinajstić information content (AvgIpc) is 3.40. The minimum absolute atomic E-state index is 0.0683. The first kappa shape index (κ1) is 20.1. The van der Waals surface area contributed by atoms with Gasteiger partial charge in [0.25, 0.3) is 5.91 Å². The van der Waals surface area contributed by atoms with E-state index in [9.17, 15) is 18.0 Å². The van der Waals surface area contributed by atoms with E-state index in [2.05, 4.69) is 4.90 Å². The summed E-state index contributed by atoms with van der Waals surface area (Å²) >= 11 is 0. The molecule has 1 amide bonds. The second-order valence-electron chi connectivity index (χ2n) is 8.32. The number of benzene rings is 1. The molecule has 3 fully saturated rings. The molecule has 4 nitrogen and oxygen atoms in total. The minimum atomic E-state index is -3.42. The highest BCUT2D eigenvalue weighted by molar-refractivity contribution is 7.20. The second-order valence-corrected chi connectivity index (χ2v) is 9.05. The topological polar surface area (TPSA) is 32.8 Å². The number of likely N-dealkylation sites (tertiary alicyclic amines) is 1. The molecular formula is C20H26F3N2O2P. The van der Waals surface area contributed by atoms with Crippen LogP contribution in [0.1, 0.15) is 37.7 Å². The number of halogens is 3. The number of carbonyl (C=O) groups is 1. The summed E-state index contributed by atoms with van der Waals surface area (Å²) in [5, 5.41) is 0. The Kier molecular flexibility index (Phi) is 5.45. The van der Waals surface area contributed by atoms with Crippen molar-refractivity contribution in [1.82, 2.24) is 9.80 Å². The largest absolute Gasteiger partial charge is 0.373 e. The van der Waals surface area contributed by atoms with Gasteiger partial charge >= 0.3 is 5.66 Å². The molecule has 2 unspecified atom stereocenters. The Morgan fingerprint density at radius 3 is 2.43 bits per heavy atom. The molecule has 3 aliphatic rings. The predicted molar refractivity (Wildman–Crippen MR) is 103 cm³/mol. The highest BCUT2D eigenvalue weighted by atomic mass is 31.0. The summed E-state index contributed by atoms with van der Waals surface area (Å²) in [6, 6.07) is 6.19. The summed E-state index contributed by atoms with van der Waals surface area (Å²) in [4.78, 5) is 15.9. The number of carbonyl (C=O) groups excluding carboxylic acids is 1. The van der Waals surface area contributed by atoms with Gasteiger partial charge in [-0.15, -0.1) is 0 Å². The molecule has 0 aromatic heterocycles. The van der Waals surface area contributed by atoms with Gasteiger partial charge in [0.15, 0.2) is 0 Å². The van der Waals surface area contributed by atoms with Crippen molar-refractivity contribution in [3.63, 3.8) is 0 Å². The van der Waals surface area contributed by atoms with Crippen molar-refractivity contribution in [1.29, 1.82) is 0 Å². The molecule has 1 saturated carbocycles. The van der Waals surface area contributed by atoms with Gasteiger partial charge in [0.05, 0.1) is 18.2 Å². The summed E-state index contributed by atoms with van der Waals surface area (Å²) in [6.07, 6.45) is 3.84. The van der Waals surface area contributed by atoms with Crippen molar-refractivity contribution < 1.29 is 22.7 Å². The van der Waals surface area contributed by atoms with Gasteiger partial charge in [0.2, 0.25) is 0 Å². The van der Waals surface area contributed by atoms with E-state index in [0.29, 0.717) is 13.0 Å². The van der Waals surface area contributed by atoms with Crippen LogP contribution >= 0.6 is 9.24 Å². The van der Waals surface area contributed by atoms with Crippen LogP contribution < -0.4 is 0 Å². The first-order valence-electron chi connectivity index (χ1n) is 9.86. The van der Waals surface area contributed by atoms with Crippen LogP contribution in [0, 0.1) is 5.82 Å². The molecule has 0 radical (unpaired) electrons. The van der Waals surface area contributed by atoms with Crippen molar-refractivity contribution >= 4 is 15.1 Å². The molecule has 154 valence electrons. The van der Waals surface area contributed by atoms with Gasteiger partial charge in [0.1, 0.15) is 5.82 Å². The summed E-state index contributed by atoms with van der Waals surface area (Å²) in [5.74, 6) is -1.34. The Morgan fingerprint density at radius 1 is 1.21 bits per heavy atom. The third-order valence-corrected chi connectivity index (χ3v) is 6.38. The molecule has 2 atom stereocenters. The van der Waals surface area contributed by atoms with Crippen molar-refractivity contribution in [3.8, 4) is 0 Å². The molecule has 8 heteroatoms.